The zero-order valence-corrected chi connectivity index (χ0v) is 4.09. The average Bonchev–Trinajstić information content (AvgIpc) is 1.86. The summed E-state index contributed by atoms with van der Waals surface area (Å²) in [4.78, 5) is 0. The molecule has 0 aromatic carbocycles. The molecule has 34 valence electrons. The Kier molecular flexibility index (Phi) is 0.919. The van der Waals surface area contributed by atoms with E-state index in [0.29, 0.717) is 0 Å². The maximum Gasteiger partial charge on any atom is 0.0832 e. The van der Waals surface area contributed by atoms with Gasteiger partial charge in [0.05, 0.1) is 10.9 Å². The molecule has 0 spiro atoms. The van der Waals surface area contributed by atoms with Crippen LogP contribution in [0.3, 0.4) is 0 Å². The van der Waals surface area contributed by atoms with Crippen LogP contribution in [0.2, 0.25) is 0 Å². The molecule has 0 aromatic heterocycles. The monoisotopic (exact) mass is 102 g/mol. The van der Waals surface area contributed by atoms with Crippen LogP contribution in [0.25, 0.3) is 0 Å². The van der Waals surface area contributed by atoms with Crippen molar-refractivity contribution in [2.24, 2.45) is 5.73 Å². The first-order valence-corrected chi connectivity index (χ1v) is 2.70. The first-order valence-electron chi connectivity index (χ1n) is 1.71. The molecule has 0 unspecified atom stereocenters. The standard InChI is InChI=1S/C3H6N2S/c4-3-1-5-2-6-3/h1,5H,2,4H2. The van der Waals surface area contributed by atoms with Crippen molar-refractivity contribution >= 4 is 11.8 Å². The highest BCUT2D eigenvalue weighted by atomic mass is 32.2. The summed E-state index contributed by atoms with van der Waals surface area (Å²) in [5.74, 6) is 0.936. The molecule has 0 aliphatic carbocycles. The van der Waals surface area contributed by atoms with Gasteiger partial charge in [0.1, 0.15) is 0 Å². The van der Waals surface area contributed by atoms with E-state index in [2.05, 4.69) is 5.32 Å². The minimum absolute atomic E-state index is 0.884. The summed E-state index contributed by atoms with van der Waals surface area (Å²) in [7, 11) is 0. The Labute approximate surface area is 40.8 Å². The largest absolute Gasteiger partial charge is 0.392 e. The van der Waals surface area contributed by atoms with Crippen LogP contribution in [0.5, 0.6) is 0 Å². The minimum Gasteiger partial charge on any atom is -0.392 e. The molecule has 1 aliphatic heterocycles. The average molecular weight is 102 g/mol. The van der Waals surface area contributed by atoms with Crippen LogP contribution < -0.4 is 11.1 Å². The second-order valence-corrected chi connectivity index (χ2v) is 2.09. The molecule has 0 amide bonds. The van der Waals surface area contributed by atoms with E-state index in [4.69, 9.17) is 5.73 Å². The van der Waals surface area contributed by atoms with Gasteiger partial charge >= 0.3 is 0 Å². The molecule has 1 heterocycles. The van der Waals surface area contributed by atoms with Crippen LogP contribution in [0.1, 0.15) is 0 Å². The van der Waals surface area contributed by atoms with Crippen LogP contribution >= 0.6 is 11.8 Å². The molecule has 0 radical (unpaired) electrons. The van der Waals surface area contributed by atoms with Crippen molar-refractivity contribution in [3.63, 3.8) is 0 Å². The Morgan fingerprint density at radius 3 is 3.00 bits per heavy atom. The summed E-state index contributed by atoms with van der Waals surface area (Å²) in [6.07, 6.45) is 1.81. The molecular weight excluding hydrogens is 96.1 g/mol. The fourth-order valence-corrected chi connectivity index (χ4v) is 0.809. The number of nitrogens with one attached hydrogen (secondary N) is 1. The molecule has 6 heavy (non-hydrogen) atoms. The first-order chi connectivity index (χ1) is 2.89. The maximum atomic E-state index is 5.30. The fourth-order valence-electron chi connectivity index (χ4n) is 0.309. The van der Waals surface area contributed by atoms with E-state index >= 15 is 0 Å². The van der Waals surface area contributed by atoms with Crippen molar-refractivity contribution in [1.29, 1.82) is 0 Å². The third kappa shape index (κ3) is 0.597. The van der Waals surface area contributed by atoms with Crippen LogP contribution in [-0.2, 0) is 0 Å². The van der Waals surface area contributed by atoms with Gasteiger partial charge in [0, 0.05) is 6.20 Å². The predicted molar refractivity (Wildman–Crippen MR) is 27.9 cm³/mol. The zero-order valence-electron chi connectivity index (χ0n) is 3.27. The van der Waals surface area contributed by atoms with E-state index in [1.165, 1.54) is 0 Å². The molecule has 3 heteroatoms. The lowest BCUT2D eigenvalue weighted by Gasteiger charge is -1.80. The fraction of sp³-hybridized carbons (Fsp3) is 0.333. The third-order valence-corrected chi connectivity index (χ3v) is 1.33. The Morgan fingerprint density at radius 1 is 2.00 bits per heavy atom. The Bertz CT molecular complexity index is 78.9. The number of thioether (sulfide) groups is 1. The molecule has 0 saturated carbocycles. The predicted octanol–water partition coefficient (Wildman–Crippen LogP) is 0.0379. The number of nitrogens with two attached hydrogens (primary N) is 1. The van der Waals surface area contributed by atoms with E-state index < -0.39 is 0 Å². The second kappa shape index (κ2) is 1.43. The maximum absolute atomic E-state index is 5.30. The highest BCUT2D eigenvalue weighted by Gasteiger charge is 1.94. The molecule has 1 rings (SSSR count). The smallest absolute Gasteiger partial charge is 0.0832 e. The first kappa shape index (κ1) is 3.87. The highest BCUT2D eigenvalue weighted by molar-refractivity contribution is 8.03. The second-order valence-electron chi connectivity index (χ2n) is 1.04. The van der Waals surface area contributed by atoms with Gasteiger partial charge in [0.2, 0.25) is 0 Å². The summed E-state index contributed by atoms with van der Waals surface area (Å²) in [6, 6.07) is 0. The molecule has 0 atom stereocenters. The molecule has 0 fully saturated rings. The van der Waals surface area contributed by atoms with E-state index in [1.807, 2.05) is 6.20 Å². The molecular formula is C3H6N2S. The van der Waals surface area contributed by atoms with Crippen molar-refractivity contribution < 1.29 is 0 Å². The van der Waals surface area contributed by atoms with Gasteiger partial charge in [-0.3, -0.25) is 0 Å². The lowest BCUT2D eigenvalue weighted by molar-refractivity contribution is 1.08. The summed E-state index contributed by atoms with van der Waals surface area (Å²) >= 11 is 1.62. The van der Waals surface area contributed by atoms with Gasteiger partial charge < -0.3 is 11.1 Å². The lowest BCUT2D eigenvalue weighted by atomic mass is 10.9. The van der Waals surface area contributed by atoms with Gasteiger partial charge in [-0.05, 0) is 0 Å². The summed E-state index contributed by atoms with van der Waals surface area (Å²) in [6.45, 7) is 0. The van der Waals surface area contributed by atoms with Crippen molar-refractivity contribution in [3.05, 3.63) is 11.2 Å². The van der Waals surface area contributed by atoms with Crippen LogP contribution in [0.4, 0.5) is 0 Å². The van der Waals surface area contributed by atoms with Gasteiger partial charge in [-0.25, -0.2) is 0 Å². The topological polar surface area (TPSA) is 38.0 Å². The Morgan fingerprint density at radius 2 is 2.83 bits per heavy atom. The van der Waals surface area contributed by atoms with Crippen LogP contribution in [-0.4, -0.2) is 5.88 Å². The molecule has 0 aromatic rings. The van der Waals surface area contributed by atoms with Crippen molar-refractivity contribution in [3.8, 4) is 0 Å². The van der Waals surface area contributed by atoms with E-state index in [1.54, 1.807) is 11.8 Å². The van der Waals surface area contributed by atoms with Crippen molar-refractivity contribution in [2.75, 3.05) is 5.88 Å². The number of hydrogen-bond donors (Lipinski definition) is 2. The van der Waals surface area contributed by atoms with Gasteiger partial charge in [-0.1, -0.05) is 11.8 Å². The molecule has 1 aliphatic rings. The van der Waals surface area contributed by atoms with Gasteiger partial charge in [0.25, 0.3) is 0 Å². The summed E-state index contributed by atoms with van der Waals surface area (Å²) < 4.78 is 0. The summed E-state index contributed by atoms with van der Waals surface area (Å²) in [5, 5.41) is 3.83. The van der Waals surface area contributed by atoms with Crippen LogP contribution in [0.15, 0.2) is 11.2 Å². The Balaban J connectivity index is 2.45. The van der Waals surface area contributed by atoms with Gasteiger partial charge in [-0.15, -0.1) is 0 Å². The van der Waals surface area contributed by atoms with Gasteiger partial charge in [-0.2, -0.15) is 0 Å². The van der Waals surface area contributed by atoms with E-state index in [-0.39, 0.29) is 0 Å². The summed E-state index contributed by atoms with van der Waals surface area (Å²) in [5.41, 5.74) is 5.30. The SMILES string of the molecule is NC1=CNCS1. The molecule has 3 N–H and O–H groups in total. The van der Waals surface area contributed by atoms with Crippen LogP contribution in [0, 0.1) is 0 Å². The molecule has 0 saturated heterocycles. The highest BCUT2D eigenvalue weighted by Crippen LogP contribution is 2.10. The number of hydrogen-bond acceptors (Lipinski definition) is 3. The number of rotatable bonds is 0. The lowest BCUT2D eigenvalue weighted by Crippen LogP contribution is -1.94. The Hall–Kier alpha value is -0.310. The molecule has 2 nitrogen and oxygen atoms in total. The molecule has 0 bridgehead atoms. The zero-order chi connectivity index (χ0) is 4.41. The van der Waals surface area contributed by atoms with E-state index in [0.717, 1.165) is 10.9 Å². The van der Waals surface area contributed by atoms with Gasteiger partial charge in [0.15, 0.2) is 0 Å². The third-order valence-electron chi connectivity index (χ3n) is 0.566. The normalized spacial score (nSPS) is 19.7. The van der Waals surface area contributed by atoms with Crippen molar-refractivity contribution in [2.45, 2.75) is 0 Å². The quantitative estimate of drug-likeness (QED) is 0.453. The van der Waals surface area contributed by atoms with E-state index in [9.17, 15) is 0 Å². The minimum atomic E-state index is 0.884. The van der Waals surface area contributed by atoms with Crippen molar-refractivity contribution in [1.82, 2.24) is 5.32 Å².